The zero-order valence-electron chi connectivity index (χ0n) is 22.4. The molecule has 0 saturated carbocycles. The van der Waals surface area contributed by atoms with E-state index in [1.54, 1.807) is 29.2 Å². The summed E-state index contributed by atoms with van der Waals surface area (Å²) in [7, 11) is 1.42. The molecule has 0 spiro atoms. The SMILES string of the molecule is COc1c(N2CC[C@@H](CN)C2)c(F)cc2c1N(CCCCCN1C(=O)c3ccccc3C1=O)CC(C(=O)O)C2=O. The van der Waals surface area contributed by atoms with E-state index in [1.807, 2.05) is 4.90 Å². The van der Waals surface area contributed by atoms with Crippen molar-refractivity contribution in [3.63, 3.8) is 0 Å². The van der Waals surface area contributed by atoms with Gasteiger partial charge in [0.05, 0.1) is 23.9 Å². The number of ketones is 1. The summed E-state index contributed by atoms with van der Waals surface area (Å²) in [6.07, 6.45) is 2.62. The van der Waals surface area contributed by atoms with Crippen LogP contribution >= 0.6 is 0 Å². The van der Waals surface area contributed by atoms with Gasteiger partial charge in [0.15, 0.2) is 17.3 Å². The van der Waals surface area contributed by atoms with Crippen LogP contribution in [0.15, 0.2) is 30.3 Å². The van der Waals surface area contributed by atoms with Crippen molar-refractivity contribution in [1.29, 1.82) is 0 Å². The number of carbonyl (C=O) groups excluding carboxylic acids is 3. The summed E-state index contributed by atoms with van der Waals surface area (Å²) >= 11 is 0. The van der Waals surface area contributed by atoms with Gasteiger partial charge in [0.25, 0.3) is 11.8 Å². The number of carboxylic acid groups (broad SMARTS) is 1. The highest BCUT2D eigenvalue weighted by Crippen LogP contribution is 2.47. The maximum absolute atomic E-state index is 15.5. The molecule has 40 heavy (non-hydrogen) atoms. The molecule has 0 aliphatic carbocycles. The first kappa shape index (κ1) is 27.6. The quantitative estimate of drug-likeness (QED) is 0.259. The Labute approximate surface area is 231 Å². The molecule has 1 saturated heterocycles. The Hall–Kier alpha value is -3.99. The summed E-state index contributed by atoms with van der Waals surface area (Å²) in [5.41, 5.74) is 7.31. The third-order valence-corrected chi connectivity index (χ3v) is 8.11. The van der Waals surface area contributed by atoms with Gasteiger partial charge in [-0.1, -0.05) is 12.1 Å². The summed E-state index contributed by atoms with van der Waals surface area (Å²) in [6, 6.07) is 7.88. The molecule has 3 aliphatic heterocycles. The summed E-state index contributed by atoms with van der Waals surface area (Å²) in [5.74, 6) is -4.03. The number of aliphatic carboxylic acids is 1. The highest BCUT2D eigenvalue weighted by atomic mass is 19.1. The number of hydrogen-bond acceptors (Lipinski definition) is 8. The fourth-order valence-corrected chi connectivity index (χ4v) is 5.99. The minimum Gasteiger partial charge on any atom is -0.492 e. The molecular formula is C29H33FN4O6. The van der Waals surface area contributed by atoms with Gasteiger partial charge in [-0.05, 0) is 56.3 Å². The third-order valence-electron chi connectivity index (χ3n) is 8.11. The third kappa shape index (κ3) is 4.78. The van der Waals surface area contributed by atoms with Crippen LogP contribution in [0.5, 0.6) is 5.75 Å². The largest absolute Gasteiger partial charge is 0.492 e. The Balaban J connectivity index is 1.32. The van der Waals surface area contributed by atoms with Gasteiger partial charge >= 0.3 is 5.97 Å². The number of anilines is 2. The van der Waals surface area contributed by atoms with Crippen molar-refractivity contribution >= 4 is 34.9 Å². The second kappa shape index (κ2) is 11.2. The number of rotatable bonds is 10. The standard InChI is InChI=1S/C29H33FN4O6/c1-40-26-23-20(13-22(30)24(26)33-12-9-17(14-31)15-33)25(35)21(29(38)39)16-32(23)10-5-2-6-11-34-27(36)18-7-3-4-8-19(18)28(34)37/h3-4,7-8,13,17,21H,2,5-6,9-12,14-16,31H2,1H3,(H,38,39)/t17-,21?/m0/s1. The molecule has 2 atom stereocenters. The van der Waals surface area contributed by atoms with Gasteiger partial charge in [-0.15, -0.1) is 0 Å². The monoisotopic (exact) mass is 552 g/mol. The molecule has 0 aromatic heterocycles. The molecule has 2 aromatic carbocycles. The van der Waals surface area contributed by atoms with Crippen LogP contribution in [0.25, 0.3) is 0 Å². The number of halogens is 1. The van der Waals surface area contributed by atoms with E-state index in [4.69, 9.17) is 10.5 Å². The number of amides is 2. The summed E-state index contributed by atoms with van der Waals surface area (Å²) < 4.78 is 21.2. The molecule has 0 bridgehead atoms. The zero-order chi connectivity index (χ0) is 28.6. The van der Waals surface area contributed by atoms with Gasteiger partial charge in [-0.2, -0.15) is 0 Å². The van der Waals surface area contributed by atoms with Crippen LogP contribution in [0.4, 0.5) is 15.8 Å². The number of nitrogens with two attached hydrogens (primary N) is 1. The van der Waals surface area contributed by atoms with E-state index in [-0.39, 0.29) is 47.8 Å². The molecule has 10 nitrogen and oxygen atoms in total. The average Bonchev–Trinajstić information content (AvgIpc) is 3.52. The lowest BCUT2D eigenvalue weighted by Gasteiger charge is -2.36. The maximum Gasteiger partial charge on any atom is 0.316 e. The van der Waals surface area contributed by atoms with Crippen LogP contribution in [-0.2, 0) is 4.79 Å². The molecule has 1 fully saturated rings. The van der Waals surface area contributed by atoms with Gasteiger partial charge in [0.2, 0.25) is 0 Å². The second-order valence-corrected chi connectivity index (χ2v) is 10.5. The lowest BCUT2D eigenvalue weighted by molar-refractivity contribution is -0.139. The fraction of sp³-hybridized carbons (Fsp3) is 0.448. The Kier molecular flexibility index (Phi) is 7.75. The summed E-state index contributed by atoms with van der Waals surface area (Å²) in [4.78, 5) is 55.2. The van der Waals surface area contributed by atoms with E-state index in [0.29, 0.717) is 62.3 Å². The van der Waals surface area contributed by atoms with Crippen LogP contribution in [-0.4, -0.2) is 80.0 Å². The van der Waals surface area contributed by atoms with Crippen LogP contribution in [0, 0.1) is 17.7 Å². The van der Waals surface area contributed by atoms with Gasteiger partial charge in [0, 0.05) is 38.3 Å². The molecule has 212 valence electrons. The molecule has 2 aromatic rings. The van der Waals surface area contributed by atoms with Crippen molar-refractivity contribution in [2.24, 2.45) is 17.6 Å². The molecule has 5 rings (SSSR count). The summed E-state index contributed by atoms with van der Waals surface area (Å²) in [5, 5.41) is 9.72. The van der Waals surface area contributed by atoms with Crippen molar-refractivity contribution in [1.82, 2.24) is 4.90 Å². The number of carbonyl (C=O) groups is 4. The van der Waals surface area contributed by atoms with E-state index in [1.165, 1.54) is 12.0 Å². The number of ether oxygens (including phenoxy) is 1. The van der Waals surface area contributed by atoms with Gasteiger partial charge in [0.1, 0.15) is 11.6 Å². The number of methoxy groups -OCH3 is 1. The number of fused-ring (bicyclic) bond motifs is 2. The number of Topliss-reactive ketones (excluding diaryl/α,β-unsaturated/α-hetero) is 1. The van der Waals surface area contributed by atoms with E-state index in [2.05, 4.69) is 0 Å². The lowest BCUT2D eigenvalue weighted by atomic mass is 9.89. The molecule has 11 heteroatoms. The lowest BCUT2D eigenvalue weighted by Crippen LogP contribution is -2.44. The fourth-order valence-electron chi connectivity index (χ4n) is 5.99. The predicted molar refractivity (Wildman–Crippen MR) is 146 cm³/mol. The minimum atomic E-state index is -1.32. The molecule has 3 aliphatic rings. The van der Waals surface area contributed by atoms with Gasteiger partial charge < -0.3 is 25.4 Å². The van der Waals surface area contributed by atoms with E-state index >= 15 is 4.39 Å². The predicted octanol–water partition coefficient (Wildman–Crippen LogP) is 2.79. The van der Waals surface area contributed by atoms with E-state index in [9.17, 15) is 24.3 Å². The molecule has 3 heterocycles. The van der Waals surface area contributed by atoms with Crippen LogP contribution in [0.3, 0.4) is 0 Å². The van der Waals surface area contributed by atoms with Crippen molar-refractivity contribution in [2.45, 2.75) is 25.7 Å². The first-order chi connectivity index (χ1) is 19.3. The van der Waals surface area contributed by atoms with Crippen LogP contribution in [0.1, 0.15) is 56.8 Å². The molecule has 3 N–H and O–H groups in total. The highest BCUT2D eigenvalue weighted by molar-refractivity contribution is 6.21. The number of imide groups is 1. The first-order valence-electron chi connectivity index (χ1n) is 13.6. The second-order valence-electron chi connectivity index (χ2n) is 10.5. The number of nitrogens with zero attached hydrogens (tertiary/aromatic N) is 3. The Morgan fingerprint density at radius 2 is 1.70 bits per heavy atom. The van der Waals surface area contributed by atoms with Crippen molar-refractivity contribution in [3.8, 4) is 5.75 Å². The zero-order valence-corrected chi connectivity index (χ0v) is 22.4. The Morgan fingerprint density at radius 1 is 1.02 bits per heavy atom. The number of carboxylic acids is 1. The van der Waals surface area contributed by atoms with Crippen LogP contribution in [0.2, 0.25) is 0 Å². The first-order valence-corrected chi connectivity index (χ1v) is 13.6. The average molecular weight is 553 g/mol. The minimum absolute atomic E-state index is 0.00246. The number of hydrogen-bond donors (Lipinski definition) is 2. The Morgan fingerprint density at radius 3 is 2.30 bits per heavy atom. The highest BCUT2D eigenvalue weighted by Gasteiger charge is 2.41. The molecule has 2 amide bonds. The maximum atomic E-state index is 15.5. The normalized spacial score (nSPS) is 20.3. The van der Waals surface area contributed by atoms with Crippen molar-refractivity contribution in [2.75, 3.05) is 56.2 Å². The van der Waals surface area contributed by atoms with Crippen molar-refractivity contribution in [3.05, 3.63) is 52.8 Å². The number of benzene rings is 2. The van der Waals surface area contributed by atoms with Gasteiger partial charge in [-0.25, -0.2) is 4.39 Å². The number of unbranched alkanes of at least 4 members (excludes halogenated alkanes) is 2. The summed E-state index contributed by atoms with van der Waals surface area (Å²) in [6.45, 7) is 2.24. The van der Waals surface area contributed by atoms with Crippen molar-refractivity contribution < 1.29 is 33.4 Å². The van der Waals surface area contributed by atoms with Gasteiger partial charge in [-0.3, -0.25) is 24.1 Å². The smallest absolute Gasteiger partial charge is 0.316 e. The molecule has 0 radical (unpaired) electrons. The van der Waals surface area contributed by atoms with E-state index < -0.39 is 23.5 Å². The molecule has 1 unspecified atom stereocenters. The Bertz CT molecular complexity index is 1330. The van der Waals surface area contributed by atoms with E-state index in [0.717, 1.165) is 12.5 Å². The topological polar surface area (TPSA) is 133 Å². The van der Waals surface area contributed by atoms with Crippen LogP contribution < -0.4 is 20.3 Å². The molecular weight excluding hydrogens is 519 g/mol.